The van der Waals surface area contributed by atoms with Gasteiger partial charge in [0.15, 0.2) is 5.82 Å². The Morgan fingerprint density at radius 1 is 1.20 bits per heavy atom. The molecule has 20 heavy (non-hydrogen) atoms. The highest BCUT2D eigenvalue weighted by atomic mass is 19.1. The summed E-state index contributed by atoms with van der Waals surface area (Å²) in [4.78, 5) is 3.69. The van der Waals surface area contributed by atoms with Crippen molar-refractivity contribution < 1.29 is 4.39 Å². The topological polar surface area (TPSA) is 67.4 Å². The van der Waals surface area contributed by atoms with Gasteiger partial charge < -0.3 is 0 Å². The summed E-state index contributed by atoms with van der Waals surface area (Å²) in [6, 6.07) is 10.6. The SMILES string of the molecule is N#Cc1ccccc1-n1cc(-c2ccncc2F)nn1. The Labute approximate surface area is 113 Å². The Morgan fingerprint density at radius 3 is 2.85 bits per heavy atom. The molecular formula is C14H8FN5. The molecule has 2 aromatic heterocycles. The average molecular weight is 265 g/mol. The fraction of sp³-hybridized carbons (Fsp3) is 0. The molecule has 0 saturated heterocycles. The minimum atomic E-state index is -0.465. The Morgan fingerprint density at radius 2 is 2.05 bits per heavy atom. The first kappa shape index (κ1) is 12.0. The smallest absolute Gasteiger partial charge is 0.150 e. The lowest BCUT2D eigenvalue weighted by Crippen LogP contribution is -1.97. The summed E-state index contributed by atoms with van der Waals surface area (Å²) >= 11 is 0. The van der Waals surface area contributed by atoms with Crippen LogP contribution in [0.5, 0.6) is 0 Å². The lowest BCUT2D eigenvalue weighted by Gasteiger charge is -2.01. The molecule has 0 unspecified atom stereocenters. The van der Waals surface area contributed by atoms with Crippen LogP contribution >= 0.6 is 0 Å². The molecule has 0 amide bonds. The van der Waals surface area contributed by atoms with Gasteiger partial charge in [-0.25, -0.2) is 9.07 Å². The van der Waals surface area contributed by atoms with Crippen LogP contribution in [-0.2, 0) is 0 Å². The number of para-hydroxylation sites is 1. The van der Waals surface area contributed by atoms with Crippen LogP contribution in [0, 0.1) is 17.1 Å². The number of nitriles is 1. The van der Waals surface area contributed by atoms with Crippen LogP contribution in [-0.4, -0.2) is 20.0 Å². The molecule has 0 aliphatic carbocycles. The molecule has 6 heteroatoms. The molecular weight excluding hydrogens is 257 g/mol. The van der Waals surface area contributed by atoms with E-state index in [0.29, 0.717) is 22.5 Å². The number of aromatic nitrogens is 4. The third kappa shape index (κ3) is 2.01. The zero-order valence-electron chi connectivity index (χ0n) is 10.2. The Hall–Kier alpha value is -3.07. The summed E-state index contributed by atoms with van der Waals surface area (Å²) in [5, 5.41) is 16.9. The van der Waals surface area contributed by atoms with Crippen LogP contribution in [0.25, 0.3) is 16.9 Å². The highest BCUT2D eigenvalue weighted by Crippen LogP contribution is 2.20. The molecule has 2 heterocycles. The average Bonchev–Trinajstić information content (AvgIpc) is 2.97. The van der Waals surface area contributed by atoms with Crippen LogP contribution < -0.4 is 0 Å². The van der Waals surface area contributed by atoms with E-state index >= 15 is 0 Å². The van der Waals surface area contributed by atoms with E-state index in [1.807, 2.05) is 0 Å². The third-order valence-electron chi connectivity index (χ3n) is 2.81. The number of hydrogen-bond acceptors (Lipinski definition) is 4. The summed E-state index contributed by atoms with van der Waals surface area (Å²) in [7, 11) is 0. The minimum absolute atomic E-state index is 0.320. The lowest BCUT2D eigenvalue weighted by molar-refractivity contribution is 0.624. The molecule has 0 atom stereocenters. The van der Waals surface area contributed by atoms with Crippen LogP contribution in [0.2, 0.25) is 0 Å². The number of rotatable bonds is 2. The van der Waals surface area contributed by atoms with E-state index in [1.54, 1.807) is 30.5 Å². The van der Waals surface area contributed by atoms with E-state index in [9.17, 15) is 4.39 Å². The molecule has 5 nitrogen and oxygen atoms in total. The molecule has 0 saturated carbocycles. The second kappa shape index (κ2) is 4.90. The van der Waals surface area contributed by atoms with Gasteiger partial charge in [0.25, 0.3) is 0 Å². The molecule has 3 aromatic rings. The Balaban J connectivity index is 2.08. The molecule has 0 bridgehead atoms. The number of hydrogen-bond donors (Lipinski definition) is 0. The number of halogens is 1. The summed E-state index contributed by atoms with van der Waals surface area (Å²) in [5.74, 6) is -0.465. The van der Waals surface area contributed by atoms with Gasteiger partial charge in [-0.2, -0.15) is 5.26 Å². The first-order valence-electron chi connectivity index (χ1n) is 5.81. The number of pyridine rings is 1. The fourth-order valence-electron chi connectivity index (χ4n) is 1.86. The number of benzene rings is 1. The normalized spacial score (nSPS) is 10.2. The van der Waals surface area contributed by atoms with Gasteiger partial charge in [0.2, 0.25) is 0 Å². The molecule has 0 aliphatic rings. The largest absolute Gasteiger partial charge is 0.262 e. The lowest BCUT2D eigenvalue weighted by atomic mass is 10.2. The minimum Gasteiger partial charge on any atom is -0.262 e. The van der Waals surface area contributed by atoms with E-state index in [4.69, 9.17) is 5.26 Å². The molecule has 3 rings (SSSR count). The summed E-state index contributed by atoms with van der Waals surface area (Å²) in [5.41, 5.74) is 1.78. The summed E-state index contributed by atoms with van der Waals surface area (Å²) in [6.45, 7) is 0. The number of nitrogens with zero attached hydrogens (tertiary/aromatic N) is 5. The van der Waals surface area contributed by atoms with Crippen molar-refractivity contribution in [3.8, 4) is 23.0 Å². The van der Waals surface area contributed by atoms with Crippen molar-refractivity contribution in [3.05, 3.63) is 60.3 Å². The highest BCUT2D eigenvalue weighted by molar-refractivity contribution is 5.59. The maximum Gasteiger partial charge on any atom is 0.150 e. The maximum atomic E-state index is 13.6. The monoisotopic (exact) mass is 265 g/mol. The third-order valence-corrected chi connectivity index (χ3v) is 2.81. The van der Waals surface area contributed by atoms with E-state index in [0.717, 1.165) is 6.20 Å². The quantitative estimate of drug-likeness (QED) is 0.713. The predicted octanol–water partition coefficient (Wildman–Crippen LogP) is 2.34. The van der Waals surface area contributed by atoms with Crippen molar-refractivity contribution in [3.63, 3.8) is 0 Å². The van der Waals surface area contributed by atoms with Crippen molar-refractivity contribution >= 4 is 0 Å². The van der Waals surface area contributed by atoms with Gasteiger partial charge in [-0.15, -0.1) is 5.10 Å². The predicted molar refractivity (Wildman–Crippen MR) is 69.3 cm³/mol. The summed E-state index contributed by atoms with van der Waals surface area (Å²) < 4.78 is 15.1. The van der Waals surface area contributed by atoms with Crippen LogP contribution in [0.3, 0.4) is 0 Å². The van der Waals surface area contributed by atoms with Gasteiger partial charge in [0.05, 0.1) is 23.6 Å². The molecule has 0 fully saturated rings. The van der Waals surface area contributed by atoms with E-state index in [2.05, 4.69) is 21.4 Å². The molecule has 1 aromatic carbocycles. The van der Waals surface area contributed by atoms with Crippen molar-refractivity contribution in [2.24, 2.45) is 0 Å². The Kier molecular flexibility index (Phi) is 2.94. The van der Waals surface area contributed by atoms with Crippen molar-refractivity contribution in [2.75, 3.05) is 0 Å². The van der Waals surface area contributed by atoms with E-state index < -0.39 is 5.82 Å². The summed E-state index contributed by atoms with van der Waals surface area (Å²) in [6.07, 6.45) is 4.19. The van der Waals surface area contributed by atoms with Gasteiger partial charge in [0.1, 0.15) is 11.8 Å². The molecule has 0 radical (unpaired) electrons. The fourth-order valence-corrected chi connectivity index (χ4v) is 1.86. The van der Waals surface area contributed by atoms with Crippen molar-refractivity contribution in [1.29, 1.82) is 5.26 Å². The van der Waals surface area contributed by atoms with Crippen molar-refractivity contribution in [2.45, 2.75) is 0 Å². The second-order valence-electron chi connectivity index (χ2n) is 4.03. The van der Waals surface area contributed by atoms with Crippen LogP contribution in [0.15, 0.2) is 48.9 Å². The van der Waals surface area contributed by atoms with E-state index in [1.165, 1.54) is 16.9 Å². The van der Waals surface area contributed by atoms with E-state index in [-0.39, 0.29) is 0 Å². The van der Waals surface area contributed by atoms with Gasteiger partial charge >= 0.3 is 0 Å². The zero-order valence-corrected chi connectivity index (χ0v) is 10.2. The Bertz CT molecular complexity index is 803. The van der Waals surface area contributed by atoms with Crippen LogP contribution in [0.1, 0.15) is 5.56 Å². The maximum absolute atomic E-state index is 13.6. The molecule has 96 valence electrons. The van der Waals surface area contributed by atoms with Gasteiger partial charge in [-0.3, -0.25) is 4.98 Å². The van der Waals surface area contributed by atoms with Crippen LogP contribution in [0.4, 0.5) is 4.39 Å². The highest BCUT2D eigenvalue weighted by Gasteiger charge is 2.11. The molecule has 0 N–H and O–H groups in total. The molecule has 0 spiro atoms. The van der Waals surface area contributed by atoms with Crippen molar-refractivity contribution in [1.82, 2.24) is 20.0 Å². The van der Waals surface area contributed by atoms with Gasteiger partial charge in [-0.1, -0.05) is 17.3 Å². The first-order chi connectivity index (χ1) is 9.79. The standard InChI is InChI=1S/C14H8FN5/c15-12-8-17-6-5-11(12)13-9-20(19-18-13)14-4-2-1-3-10(14)7-16/h1-6,8-9H. The zero-order chi connectivity index (χ0) is 13.9. The van der Waals surface area contributed by atoms with Gasteiger partial charge in [-0.05, 0) is 18.2 Å². The molecule has 0 aliphatic heterocycles. The first-order valence-corrected chi connectivity index (χ1v) is 5.81. The second-order valence-corrected chi connectivity index (χ2v) is 4.03. The van der Waals surface area contributed by atoms with Gasteiger partial charge in [0, 0.05) is 11.8 Å².